The molecule has 0 bridgehead atoms. The number of anilines is 1. The lowest BCUT2D eigenvalue weighted by molar-refractivity contribution is -0.384. The van der Waals surface area contributed by atoms with Gasteiger partial charge in [-0.25, -0.2) is 10.3 Å². The smallest absolute Gasteiger partial charge is 0.362 e. The van der Waals surface area contributed by atoms with E-state index < -0.39 is 16.8 Å². The number of benzene rings is 3. The Hall–Kier alpha value is -4.60. The van der Waals surface area contributed by atoms with Crippen molar-refractivity contribution >= 4 is 28.9 Å². The summed E-state index contributed by atoms with van der Waals surface area (Å²) in [5.74, 6) is -0.573. The monoisotopic (exact) mass is 420 g/mol. The van der Waals surface area contributed by atoms with Crippen LogP contribution < -0.4 is 10.2 Å². The summed E-state index contributed by atoms with van der Waals surface area (Å²) >= 11 is 0. The molecular weight excluding hydrogens is 404 g/mol. The van der Waals surface area contributed by atoms with Gasteiger partial charge in [0, 0.05) is 17.7 Å². The number of methoxy groups -OCH3 is 1. The number of nitrogens with zero attached hydrogens (tertiary/aromatic N) is 3. The molecule has 3 rings (SSSR count). The normalized spacial score (nSPS) is 10.5. The van der Waals surface area contributed by atoms with Gasteiger partial charge in [0.25, 0.3) is 11.6 Å². The SMILES string of the molecule is COc1ccc(C(=O)N=Nc2ccc(NOC(=O)c3ccc([N+](=O)[O-])cc3)cc2)cc1. The third-order valence-corrected chi connectivity index (χ3v) is 4.04. The summed E-state index contributed by atoms with van der Waals surface area (Å²) in [7, 11) is 1.53. The number of nitrogens with one attached hydrogen (secondary N) is 1. The molecule has 10 heteroatoms. The first-order chi connectivity index (χ1) is 15.0. The Balaban J connectivity index is 1.54. The van der Waals surface area contributed by atoms with Gasteiger partial charge in [-0.1, -0.05) is 0 Å². The van der Waals surface area contributed by atoms with Crippen molar-refractivity contribution in [3.8, 4) is 5.75 Å². The van der Waals surface area contributed by atoms with Crippen LogP contribution in [0.4, 0.5) is 17.1 Å². The largest absolute Gasteiger partial charge is 0.497 e. The van der Waals surface area contributed by atoms with Crippen molar-refractivity contribution in [2.75, 3.05) is 12.6 Å². The standard InChI is InChI=1S/C21H16N4O6/c1-30-19-12-4-14(5-13-19)20(26)23-22-16-6-8-17(9-7-16)24-31-21(27)15-2-10-18(11-3-15)25(28)29/h2-13,24H,1H3. The van der Waals surface area contributed by atoms with Crippen molar-refractivity contribution in [2.24, 2.45) is 10.2 Å². The molecule has 10 nitrogen and oxygen atoms in total. The predicted octanol–water partition coefficient (Wildman–Crippen LogP) is 4.71. The number of carbonyl (C=O) groups is 2. The molecule has 0 unspecified atom stereocenters. The zero-order chi connectivity index (χ0) is 22.2. The topological polar surface area (TPSA) is 132 Å². The van der Waals surface area contributed by atoms with E-state index in [-0.39, 0.29) is 11.3 Å². The Morgan fingerprint density at radius 1 is 0.903 bits per heavy atom. The summed E-state index contributed by atoms with van der Waals surface area (Å²) in [4.78, 5) is 39.1. The lowest BCUT2D eigenvalue weighted by Crippen LogP contribution is -2.10. The van der Waals surface area contributed by atoms with Crippen LogP contribution in [0.1, 0.15) is 20.7 Å². The minimum Gasteiger partial charge on any atom is -0.497 e. The number of hydrogen-bond donors (Lipinski definition) is 1. The van der Waals surface area contributed by atoms with Gasteiger partial charge in [0.1, 0.15) is 5.75 Å². The fourth-order valence-corrected chi connectivity index (χ4v) is 2.37. The van der Waals surface area contributed by atoms with Gasteiger partial charge in [-0.3, -0.25) is 14.9 Å². The second-order valence-electron chi connectivity index (χ2n) is 6.08. The highest BCUT2D eigenvalue weighted by molar-refractivity contribution is 5.94. The van der Waals surface area contributed by atoms with Crippen LogP contribution in [0.5, 0.6) is 5.75 Å². The molecule has 3 aromatic rings. The maximum Gasteiger partial charge on any atom is 0.362 e. The van der Waals surface area contributed by atoms with Gasteiger partial charge < -0.3 is 9.57 Å². The van der Waals surface area contributed by atoms with E-state index in [0.717, 1.165) is 0 Å². The van der Waals surface area contributed by atoms with E-state index in [9.17, 15) is 19.7 Å². The van der Waals surface area contributed by atoms with E-state index in [2.05, 4.69) is 15.7 Å². The summed E-state index contributed by atoms with van der Waals surface area (Å²) in [6.07, 6.45) is 0. The Kier molecular flexibility index (Phi) is 6.64. The highest BCUT2D eigenvalue weighted by Gasteiger charge is 2.11. The molecule has 0 radical (unpaired) electrons. The van der Waals surface area contributed by atoms with Gasteiger partial charge in [-0.15, -0.1) is 10.2 Å². The first kappa shape index (κ1) is 21.1. The average Bonchev–Trinajstić information content (AvgIpc) is 2.81. The van der Waals surface area contributed by atoms with Crippen LogP contribution in [0.25, 0.3) is 0 Å². The molecule has 1 amide bonds. The summed E-state index contributed by atoms with van der Waals surface area (Å²) in [6.45, 7) is 0. The molecule has 0 saturated carbocycles. The van der Waals surface area contributed by atoms with Crippen LogP contribution in [0.3, 0.4) is 0 Å². The second kappa shape index (κ2) is 9.74. The quantitative estimate of drug-likeness (QED) is 0.332. The van der Waals surface area contributed by atoms with E-state index >= 15 is 0 Å². The highest BCUT2D eigenvalue weighted by atomic mass is 16.7. The number of non-ortho nitro benzene ring substituents is 1. The van der Waals surface area contributed by atoms with Gasteiger partial charge >= 0.3 is 5.97 Å². The van der Waals surface area contributed by atoms with Crippen molar-refractivity contribution < 1.29 is 24.1 Å². The first-order valence-electron chi connectivity index (χ1n) is 8.88. The maximum atomic E-state index is 12.0. The number of rotatable bonds is 7. The van der Waals surface area contributed by atoms with Gasteiger partial charge in [-0.2, -0.15) is 0 Å². The predicted molar refractivity (Wildman–Crippen MR) is 110 cm³/mol. The molecule has 0 aromatic heterocycles. The molecule has 0 atom stereocenters. The molecule has 0 heterocycles. The first-order valence-corrected chi connectivity index (χ1v) is 8.88. The summed E-state index contributed by atoms with van der Waals surface area (Å²) in [5, 5.41) is 18.2. The Bertz CT molecular complexity index is 1110. The third kappa shape index (κ3) is 5.70. The summed E-state index contributed by atoms with van der Waals surface area (Å²) in [5.41, 5.74) is 3.76. The molecule has 31 heavy (non-hydrogen) atoms. The van der Waals surface area contributed by atoms with E-state index in [1.807, 2.05) is 0 Å². The fraction of sp³-hybridized carbons (Fsp3) is 0.0476. The Morgan fingerprint density at radius 3 is 2.10 bits per heavy atom. The molecule has 0 spiro atoms. The zero-order valence-corrected chi connectivity index (χ0v) is 16.2. The number of amides is 1. The lowest BCUT2D eigenvalue weighted by Gasteiger charge is -2.06. The van der Waals surface area contributed by atoms with Crippen LogP contribution >= 0.6 is 0 Å². The molecule has 0 aliphatic heterocycles. The molecule has 3 aromatic carbocycles. The van der Waals surface area contributed by atoms with Crippen LogP contribution in [-0.2, 0) is 4.84 Å². The molecular formula is C21H16N4O6. The Labute approximate surface area is 176 Å². The average molecular weight is 420 g/mol. The number of nitro benzene ring substituents is 1. The van der Waals surface area contributed by atoms with E-state index in [1.54, 1.807) is 48.5 Å². The maximum absolute atomic E-state index is 12.0. The zero-order valence-electron chi connectivity index (χ0n) is 16.2. The number of ether oxygens (including phenoxy) is 1. The van der Waals surface area contributed by atoms with Gasteiger partial charge in [0.05, 0.1) is 29.0 Å². The van der Waals surface area contributed by atoms with E-state index in [1.165, 1.54) is 31.4 Å². The molecule has 0 aliphatic rings. The molecule has 1 N–H and O–H groups in total. The van der Waals surface area contributed by atoms with Gasteiger partial charge in [0.15, 0.2) is 0 Å². The minimum atomic E-state index is -0.705. The number of nitro groups is 1. The molecule has 156 valence electrons. The minimum absolute atomic E-state index is 0.125. The van der Waals surface area contributed by atoms with Crippen LogP contribution in [0.15, 0.2) is 83.0 Å². The molecule has 0 aliphatic carbocycles. The third-order valence-electron chi connectivity index (χ3n) is 4.04. The molecule has 0 fully saturated rings. The highest BCUT2D eigenvalue weighted by Crippen LogP contribution is 2.19. The summed E-state index contributed by atoms with van der Waals surface area (Å²) in [6, 6.07) is 17.8. The number of hydrogen-bond acceptors (Lipinski definition) is 8. The van der Waals surface area contributed by atoms with E-state index in [0.29, 0.717) is 22.7 Å². The van der Waals surface area contributed by atoms with Crippen molar-refractivity contribution in [2.45, 2.75) is 0 Å². The van der Waals surface area contributed by atoms with Crippen LogP contribution in [-0.4, -0.2) is 23.9 Å². The number of azo groups is 1. The van der Waals surface area contributed by atoms with Crippen LogP contribution in [0, 0.1) is 10.1 Å². The fourth-order valence-electron chi connectivity index (χ4n) is 2.37. The Morgan fingerprint density at radius 2 is 1.52 bits per heavy atom. The van der Waals surface area contributed by atoms with E-state index in [4.69, 9.17) is 9.57 Å². The lowest BCUT2D eigenvalue weighted by atomic mass is 10.2. The molecule has 0 saturated heterocycles. The van der Waals surface area contributed by atoms with Crippen molar-refractivity contribution in [3.63, 3.8) is 0 Å². The van der Waals surface area contributed by atoms with Gasteiger partial charge in [-0.05, 0) is 60.7 Å². The second-order valence-corrected chi connectivity index (χ2v) is 6.08. The van der Waals surface area contributed by atoms with Crippen molar-refractivity contribution in [3.05, 3.63) is 94.0 Å². The van der Waals surface area contributed by atoms with Crippen LogP contribution in [0.2, 0.25) is 0 Å². The summed E-state index contributed by atoms with van der Waals surface area (Å²) < 4.78 is 5.04. The number of carbonyl (C=O) groups excluding carboxylic acids is 2. The van der Waals surface area contributed by atoms with Gasteiger partial charge in [0.2, 0.25) is 0 Å². The van der Waals surface area contributed by atoms with Crippen molar-refractivity contribution in [1.82, 2.24) is 0 Å². The van der Waals surface area contributed by atoms with Crippen molar-refractivity contribution in [1.29, 1.82) is 0 Å².